The predicted octanol–water partition coefficient (Wildman–Crippen LogP) is 2.66. The van der Waals surface area contributed by atoms with Gasteiger partial charge in [0.1, 0.15) is 0 Å². The normalized spacial score (nSPS) is 12.8. The number of alkyl halides is 3. The minimum Gasteiger partial charge on any atom is -0.323 e. The molecular formula is C10H10F3N3. The molecule has 0 atom stereocenters. The van der Waals surface area contributed by atoms with Gasteiger partial charge in [0.25, 0.3) is 0 Å². The van der Waals surface area contributed by atoms with Crippen molar-refractivity contribution in [3.05, 3.63) is 29.3 Å². The second-order valence-corrected chi connectivity index (χ2v) is 3.08. The average Bonchev–Trinajstić information content (AvgIpc) is 2.19. The van der Waals surface area contributed by atoms with Gasteiger partial charge in [-0.1, -0.05) is 6.07 Å². The highest BCUT2D eigenvalue weighted by molar-refractivity contribution is 6.16. The summed E-state index contributed by atoms with van der Waals surface area (Å²) in [5.74, 6) is 4.83. The van der Waals surface area contributed by atoms with E-state index in [-0.39, 0.29) is 5.69 Å². The molecule has 0 aliphatic heterocycles. The Bertz CT molecular complexity index is 422. The van der Waals surface area contributed by atoms with E-state index in [0.29, 0.717) is 5.56 Å². The van der Waals surface area contributed by atoms with Gasteiger partial charge in [-0.2, -0.15) is 18.3 Å². The van der Waals surface area contributed by atoms with Crippen molar-refractivity contribution in [1.29, 1.82) is 0 Å². The summed E-state index contributed by atoms with van der Waals surface area (Å²) in [6.45, 7) is 1.67. The highest BCUT2D eigenvalue weighted by Crippen LogP contribution is 2.32. The fraction of sp³-hybridized carbons (Fsp3) is 0.200. The molecule has 1 aromatic carbocycles. The van der Waals surface area contributed by atoms with Gasteiger partial charge in [0.15, 0.2) is 0 Å². The van der Waals surface area contributed by atoms with E-state index < -0.39 is 11.7 Å². The molecule has 0 saturated heterocycles. The van der Waals surface area contributed by atoms with E-state index in [1.54, 1.807) is 6.92 Å². The van der Waals surface area contributed by atoms with E-state index in [9.17, 15) is 13.2 Å². The van der Waals surface area contributed by atoms with Crippen LogP contribution in [0, 0.1) is 6.92 Å². The smallest absolute Gasteiger partial charge is 0.323 e. The van der Waals surface area contributed by atoms with Gasteiger partial charge in [-0.15, -0.1) is 0 Å². The van der Waals surface area contributed by atoms with E-state index in [1.165, 1.54) is 18.5 Å². The first-order valence-corrected chi connectivity index (χ1v) is 4.39. The maximum Gasteiger partial charge on any atom is 0.416 e. The molecule has 0 radical (unpaired) electrons. The van der Waals surface area contributed by atoms with Crippen molar-refractivity contribution in [2.75, 3.05) is 0 Å². The van der Waals surface area contributed by atoms with Crippen LogP contribution in [-0.4, -0.2) is 12.4 Å². The second kappa shape index (κ2) is 4.78. The number of aliphatic imine (C=N–C) groups is 1. The van der Waals surface area contributed by atoms with Gasteiger partial charge in [0.2, 0.25) is 0 Å². The first-order valence-electron chi connectivity index (χ1n) is 4.39. The van der Waals surface area contributed by atoms with Gasteiger partial charge in [-0.3, -0.25) is 4.99 Å². The Balaban J connectivity index is 3.09. The molecule has 0 aliphatic rings. The van der Waals surface area contributed by atoms with Gasteiger partial charge in [-0.25, -0.2) is 0 Å². The number of benzene rings is 1. The summed E-state index contributed by atoms with van der Waals surface area (Å²) in [5, 5.41) is 3.16. The number of halogens is 3. The van der Waals surface area contributed by atoms with E-state index in [4.69, 9.17) is 5.84 Å². The molecule has 1 aromatic rings. The van der Waals surface area contributed by atoms with Crippen LogP contribution in [0.1, 0.15) is 11.1 Å². The number of rotatable bonds is 2. The van der Waals surface area contributed by atoms with Crippen molar-refractivity contribution in [3.8, 4) is 0 Å². The van der Waals surface area contributed by atoms with Gasteiger partial charge >= 0.3 is 6.18 Å². The monoisotopic (exact) mass is 229 g/mol. The molecule has 0 bridgehead atoms. The van der Waals surface area contributed by atoms with Crippen LogP contribution in [0.3, 0.4) is 0 Å². The van der Waals surface area contributed by atoms with Crippen molar-refractivity contribution < 1.29 is 13.2 Å². The van der Waals surface area contributed by atoms with E-state index in [0.717, 1.165) is 12.1 Å². The SMILES string of the molecule is Cc1ccc(C(F)(F)F)cc1/N=C\C=N/N. The molecule has 0 unspecified atom stereocenters. The Morgan fingerprint density at radius 2 is 1.94 bits per heavy atom. The Hall–Kier alpha value is -1.85. The molecule has 86 valence electrons. The van der Waals surface area contributed by atoms with Crippen molar-refractivity contribution in [2.45, 2.75) is 13.1 Å². The highest BCUT2D eigenvalue weighted by atomic mass is 19.4. The third kappa shape index (κ3) is 3.08. The zero-order valence-electron chi connectivity index (χ0n) is 8.49. The van der Waals surface area contributed by atoms with E-state index >= 15 is 0 Å². The van der Waals surface area contributed by atoms with Crippen LogP contribution in [0.2, 0.25) is 0 Å². The predicted molar refractivity (Wildman–Crippen MR) is 57.0 cm³/mol. The standard InChI is InChI=1S/C10H10F3N3/c1-7-2-3-8(10(11,12)13)6-9(7)15-4-5-16-14/h2-6H,14H2,1H3/b15-4-,16-5-. The molecule has 0 amide bonds. The summed E-state index contributed by atoms with van der Waals surface area (Å²) < 4.78 is 37.2. The van der Waals surface area contributed by atoms with Gasteiger partial charge in [-0.05, 0) is 24.6 Å². The molecule has 6 heteroatoms. The third-order valence-corrected chi connectivity index (χ3v) is 1.90. The first-order chi connectivity index (χ1) is 7.45. The molecule has 0 fully saturated rings. The minimum atomic E-state index is -4.36. The van der Waals surface area contributed by atoms with Crippen molar-refractivity contribution in [1.82, 2.24) is 0 Å². The lowest BCUT2D eigenvalue weighted by Crippen LogP contribution is -2.04. The summed E-state index contributed by atoms with van der Waals surface area (Å²) >= 11 is 0. The summed E-state index contributed by atoms with van der Waals surface area (Å²) in [6.07, 6.45) is -1.93. The van der Waals surface area contributed by atoms with Crippen molar-refractivity contribution in [2.24, 2.45) is 15.9 Å². The van der Waals surface area contributed by atoms with Crippen molar-refractivity contribution >= 4 is 18.1 Å². The number of nitrogens with zero attached hydrogens (tertiary/aromatic N) is 2. The number of hydrogen-bond acceptors (Lipinski definition) is 3. The largest absolute Gasteiger partial charge is 0.416 e. The van der Waals surface area contributed by atoms with Crippen LogP contribution in [0.25, 0.3) is 0 Å². The first kappa shape index (κ1) is 12.2. The molecule has 2 N–H and O–H groups in total. The van der Waals surface area contributed by atoms with Crippen LogP contribution >= 0.6 is 0 Å². The number of hydrazone groups is 1. The molecular weight excluding hydrogens is 219 g/mol. The molecule has 0 aromatic heterocycles. The van der Waals surface area contributed by atoms with Crippen LogP contribution in [0.5, 0.6) is 0 Å². The van der Waals surface area contributed by atoms with E-state index in [1.807, 2.05) is 0 Å². The molecule has 0 aliphatic carbocycles. The van der Waals surface area contributed by atoms with Crippen LogP contribution in [0.4, 0.5) is 18.9 Å². The lowest BCUT2D eigenvalue weighted by atomic mass is 10.1. The second-order valence-electron chi connectivity index (χ2n) is 3.08. The summed E-state index contributed by atoms with van der Waals surface area (Å²) in [6, 6.07) is 3.37. The van der Waals surface area contributed by atoms with E-state index in [2.05, 4.69) is 10.1 Å². The fourth-order valence-electron chi connectivity index (χ4n) is 1.08. The Labute approximate surface area is 90.5 Å². The summed E-state index contributed by atoms with van der Waals surface area (Å²) in [7, 11) is 0. The maximum atomic E-state index is 12.4. The number of aryl methyl sites for hydroxylation is 1. The van der Waals surface area contributed by atoms with Gasteiger partial charge < -0.3 is 5.84 Å². The fourth-order valence-corrected chi connectivity index (χ4v) is 1.08. The maximum absolute atomic E-state index is 12.4. The molecule has 0 spiro atoms. The lowest BCUT2D eigenvalue weighted by Gasteiger charge is -2.08. The number of nitrogens with two attached hydrogens (primary N) is 1. The molecule has 0 heterocycles. The molecule has 0 saturated carbocycles. The molecule has 16 heavy (non-hydrogen) atoms. The quantitative estimate of drug-likeness (QED) is 0.473. The molecule has 1 rings (SSSR count). The van der Waals surface area contributed by atoms with Crippen LogP contribution < -0.4 is 5.84 Å². The average molecular weight is 229 g/mol. The highest BCUT2D eigenvalue weighted by Gasteiger charge is 2.30. The minimum absolute atomic E-state index is 0.245. The third-order valence-electron chi connectivity index (χ3n) is 1.90. The topological polar surface area (TPSA) is 50.7 Å². The Morgan fingerprint density at radius 1 is 1.25 bits per heavy atom. The summed E-state index contributed by atoms with van der Waals surface area (Å²) in [5.41, 5.74) is 0.166. The Morgan fingerprint density at radius 3 is 2.50 bits per heavy atom. The summed E-state index contributed by atoms with van der Waals surface area (Å²) in [4.78, 5) is 3.82. The van der Waals surface area contributed by atoms with Crippen LogP contribution in [0.15, 0.2) is 28.3 Å². The van der Waals surface area contributed by atoms with Gasteiger partial charge in [0, 0.05) is 6.21 Å². The lowest BCUT2D eigenvalue weighted by molar-refractivity contribution is -0.137. The van der Waals surface area contributed by atoms with Crippen LogP contribution in [-0.2, 0) is 6.18 Å². The zero-order chi connectivity index (χ0) is 12.2. The van der Waals surface area contributed by atoms with Crippen molar-refractivity contribution in [3.63, 3.8) is 0 Å². The van der Waals surface area contributed by atoms with Gasteiger partial charge in [0.05, 0.1) is 17.5 Å². The molecule has 3 nitrogen and oxygen atoms in total. The Kier molecular flexibility index (Phi) is 3.65. The number of hydrogen-bond donors (Lipinski definition) is 1. The zero-order valence-corrected chi connectivity index (χ0v) is 8.49.